The molecule has 188 valence electrons. The molecule has 36 heavy (non-hydrogen) atoms. The van der Waals surface area contributed by atoms with Crippen LogP contribution in [-0.4, -0.2) is 55.8 Å². The molecule has 1 aromatic carbocycles. The second kappa shape index (κ2) is 10.5. The predicted octanol–water partition coefficient (Wildman–Crippen LogP) is 3.38. The van der Waals surface area contributed by atoms with Crippen LogP contribution in [0.15, 0.2) is 55.2 Å². The maximum absolute atomic E-state index is 13.6. The van der Waals surface area contributed by atoms with E-state index in [0.717, 1.165) is 18.5 Å². The first-order chi connectivity index (χ1) is 17.5. The van der Waals surface area contributed by atoms with Gasteiger partial charge >= 0.3 is 0 Å². The number of aromatic nitrogens is 6. The molecule has 11 heteroatoms. The topological polar surface area (TPSA) is 129 Å². The quantitative estimate of drug-likeness (QED) is 0.303. The van der Waals surface area contributed by atoms with Crippen molar-refractivity contribution < 1.29 is 13.9 Å². The van der Waals surface area contributed by atoms with Gasteiger partial charge in [0.1, 0.15) is 5.82 Å². The Morgan fingerprint density at radius 1 is 1.17 bits per heavy atom. The maximum Gasteiger partial charge on any atom is 0.223 e. The third-order valence-electron chi connectivity index (χ3n) is 6.07. The van der Waals surface area contributed by atoms with Gasteiger partial charge in [-0.05, 0) is 36.8 Å². The molecule has 10 nitrogen and oxygen atoms in total. The highest BCUT2D eigenvalue weighted by atomic mass is 19.1. The summed E-state index contributed by atoms with van der Waals surface area (Å²) < 4.78 is 27.5. The molecule has 0 amide bonds. The zero-order valence-corrected chi connectivity index (χ0v) is 20.0. The number of imidazole rings is 2. The van der Waals surface area contributed by atoms with Crippen LogP contribution in [-0.2, 0) is 16.0 Å². The van der Waals surface area contributed by atoms with Crippen molar-refractivity contribution in [2.45, 2.75) is 26.2 Å². The largest absolute Gasteiger partial charge is 0.354 e. The van der Waals surface area contributed by atoms with Crippen molar-refractivity contribution in [1.29, 1.82) is 0 Å². The van der Waals surface area contributed by atoms with E-state index in [-0.39, 0.29) is 11.2 Å². The van der Waals surface area contributed by atoms with E-state index in [2.05, 4.69) is 20.3 Å². The molecule has 4 heterocycles. The van der Waals surface area contributed by atoms with E-state index in [1.54, 1.807) is 36.9 Å². The number of hydrogen-bond donors (Lipinski definition) is 3. The van der Waals surface area contributed by atoms with E-state index < -0.39 is 6.29 Å². The number of nitrogens with zero attached hydrogens (tertiary/aromatic N) is 5. The number of aryl methyl sites for hydroxylation is 1. The molecule has 1 saturated heterocycles. The SMILES string of the molecule is CC1(CN)COC(c2nc(-c3ccc(F)cc3)c(-c3ccnc(NCCCn4ccnc4)n3)[nH]2)OC1. The fourth-order valence-corrected chi connectivity index (χ4v) is 3.89. The lowest BCUT2D eigenvalue weighted by molar-refractivity contribution is -0.231. The molecule has 3 aromatic heterocycles. The van der Waals surface area contributed by atoms with E-state index in [1.807, 2.05) is 17.7 Å². The summed E-state index contributed by atoms with van der Waals surface area (Å²) in [5.41, 5.74) is 8.29. The molecule has 5 rings (SSSR count). The maximum atomic E-state index is 13.6. The summed E-state index contributed by atoms with van der Waals surface area (Å²) in [4.78, 5) is 21.2. The van der Waals surface area contributed by atoms with E-state index >= 15 is 0 Å². The zero-order valence-electron chi connectivity index (χ0n) is 20.0. The Morgan fingerprint density at radius 3 is 2.69 bits per heavy atom. The van der Waals surface area contributed by atoms with Gasteiger partial charge in [-0.25, -0.2) is 24.3 Å². The zero-order chi connectivity index (χ0) is 25.0. The highest BCUT2D eigenvalue weighted by Crippen LogP contribution is 2.35. The van der Waals surface area contributed by atoms with Gasteiger partial charge in [-0.1, -0.05) is 6.92 Å². The van der Waals surface area contributed by atoms with Crippen LogP contribution < -0.4 is 11.1 Å². The molecule has 0 atom stereocenters. The van der Waals surface area contributed by atoms with Crippen molar-refractivity contribution in [3.8, 4) is 22.6 Å². The summed E-state index contributed by atoms with van der Waals surface area (Å²) >= 11 is 0. The number of benzene rings is 1. The van der Waals surface area contributed by atoms with E-state index in [1.165, 1.54) is 12.1 Å². The smallest absolute Gasteiger partial charge is 0.223 e. The van der Waals surface area contributed by atoms with Crippen molar-refractivity contribution in [3.05, 3.63) is 66.9 Å². The van der Waals surface area contributed by atoms with Crippen molar-refractivity contribution in [2.75, 3.05) is 31.6 Å². The minimum Gasteiger partial charge on any atom is -0.354 e. The Labute approximate surface area is 208 Å². The fraction of sp³-hybridized carbons (Fsp3) is 0.360. The molecular weight excluding hydrogens is 463 g/mol. The van der Waals surface area contributed by atoms with Gasteiger partial charge in [-0.15, -0.1) is 0 Å². The number of aromatic amines is 1. The van der Waals surface area contributed by atoms with E-state index in [9.17, 15) is 4.39 Å². The molecule has 1 fully saturated rings. The van der Waals surface area contributed by atoms with Gasteiger partial charge in [-0.2, -0.15) is 0 Å². The lowest BCUT2D eigenvalue weighted by atomic mass is 9.93. The Bertz CT molecular complexity index is 1270. The molecule has 1 aliphatic rings. The Kier molecular flexibility index (Phi) is 7.03. The summed E-state index contributed by atoms with van der Waals surface area (Å²) in [6.07, 6.45) is 7.39. The third kappa shape index (κ3) is 5.43. The number of nitrogens with one attached hydrogen (secondary N) is 2. The first-order valence-electron chi connectivity index (χ1n) is 11.9. The second-order valence-electron chi connectivity index (χ2n) is 9.17. The van der Waals surface area contributed by atoms with Crippen LogP contribution in [0.1, 0.15) is 25.5 Å². The van der Waals surface area contributed by atoms with Gasteiger partial charge in [-0.3, -0.25) is 0 Å². The second-order valence-corrected chi connectivity index (χ2v) is 9.17. The van der Waals surface area contributed by atoms with Gasteiger partial charge in [0.05, 0.1) is 36.6 Å². The van der Waals surface area contributed by atoms with Crippen LogP contribution in [0.2, 0.25) is 0 Å². The summed E-state index contributed by atoms with van der Waals surface area (Å²) in [7, 11) is 0. The normalized spacial score (nSPS) is 19.9. The molecule has 0 radical (unpaired) electrons. The molecule has 4 aromatic rings. The van der Waals surface area contributed by atoms with Gasteiger partial charge < -0.3 is 30.1 Å². The number of hydrogen-bond acceptors (Lipinski definition) is 8. The highest BCUT2D eigenvalue weighted by molar-refractivity contribution is 5.77. The van der Waals surface area contributed by atoms with Crippen LogP contribution in [0.5, 0.6) is 0 Å². The molecule has 0 aliphatic carbocycles. The predicted molar refractivity (Wildman–Crippen MR) is 132 cm³/mol. The van der Waals surface area contributed by atoms with E-state index in [4.69, 9.17) is 25.2 Å². The van der Waals surface area contributed by atoms with Crippen LogP contribution in [0.4, 0.5) is 10.3 Å². The first kappa shape index (κ1) is 24.0. The number of halogens is 1. The fourth-order valence-electron chi connectivity index (χ4n) is 3.89. The summed E-state index contributed by atoms with van der Waals surface area (Å²) in [5.74, 6) is 0.695. The molecule has 0 bridgehead atoms. The summed E-state index contributed by atoms with van der Waals surface area (Å²) in [6.45, 7) is 4.93. The minimum absolute atomic E-state index is 0.239. The Hall–Kier alpha value is -3.67. The molecule has 4 N–H and O–H groups in total. The summed E-state index contributed by atoms with van der Waals surface area (Å²) in [6, 6.07) is 7.98. The number of ether oxygens (including phenoxy) is 2. The molecule has 0 spiro atoms. The lowest BCUT2D eigenvalue weighted by Crippen LogP contribution is -2.42. The van der Waals surface area contributed by atoms with Crippen molar-refractivity contribution in [2.24, 2.45) is 11.1 Å². The molecule has 0 unspecified atom stereocenters. The van der Waals surface area contributed by atoms with Crippen molar-refractivity contribution >= 4 is 5.95 Å². The molecule has 1 aliphatic heterocycles. The minimum atomic E-state index is -0.666. The van der Waals surface area contributed by atoms with E-state index in [0.29, 0.717) is 55.2 Å². The molecular formula is C25H29FN8O2. The van der Waals surface area contributed by atoms with Gasteiger partial charge in [0.2, 0.25) is 12.2 Å². The number of nitrogens with two attached hydrogens (primary N) is 1. The number of anilines is 1. The lowest BCUT2D eigenvalue weighted by Gasteiger charge is -2.35. The van der Waals surface area contributed by atoms with Crippen molar-refractivity contribution in [3.63, 3.8) is 0 Å². The third-order valence-corrected chi connectivity index (χ3v) is 6.07. The van der Waals surface area contributed by atoms with Crippen LogP contribution in [0, 0.1) is 11.2 Å². The van der Waals surface area contributed by atoms with Gasteiger partial charge in [0, 0.05) is 49.2 Å². The summed E-state index contributed by atoms with van der Waals surface area (Å²) in [5, 5.41) is 3.27. The standard InChI is InChI=1S/C25H29FN8O2/c1-25(13-27)14-35-23(36-15-25)22-32-20(17-3-5-18(26)6-4-17)21(33-22)19-7-9-30-24(31-19)29-8-2-11-34-12-10-28-16-34/h3-7,9-10,12,16,23H,2,8,11,13-15,27H2,1H3,(H,32,33)(H,29,30,31). The Balaban J connectivity index is 1.38. The number of rotatable bonds is 9. The molecule has 0 saturated carbocycles. The average molecular weight is 493 g/mol. The monoisotopic (exact) mass is 492 g/mol. The van der Waals surface area contributed by atoms with Crippen LogP contribution in [0.25, 0.3) is 22.6 Å². The highest BCUT2D eigenvalue weighted by Gasteiger charge is 2.34. The van der Waals surface area contributed by atoms with Crippen LogP contribution in [0.3, 0.4) is 0 Å². The van der Waals surface area contributed by atoms with Gasteiger partial charge in [0.15, 0.2) is 5.82 Å². The van der Waals surface area contributed by atoms with Crippen molar-refractivity contribution in [1.82, 2.24) is 29.5 Å². The average Bonchev–Trinajstić information content (AvgIpc) is 3.58. The number of H-pyrrole nitrogens is 1. The Morgan fingerprint density at radius 2 is 1.97 bits per heavy atom. The van der Waals surface area contributed by atoms with Crippen LogP contribution >= 0.6 is 0 Å². The van der Waals surface area contributed by atoms with Gasteiger partial charge in [0.25, 0.3) is 0 Å². The first-order valence-corrected chi connectivity index (χ1v) is 11.9.